The van der Waals surface area contributed by atoms with Gasteiger partial charge in [0, 0.05) is 0 Å². The zero-order chi connectivity index (χ0) is 10.0. The van der Waals surface area contributed by atoms with Gasteiger partial charge in [0.1, 0.15) is 0 Å². The minimum atomic E-state index is -0.266. The van der Waals surface area contributed by atoms with Gasteiger partial charge in [-0.3, -0.25) is 4.79 Å². The predicted molar refractivity (Wildman–Crippen MR) is 53.5 cm³/mol. The number of aryl methyl sites for hydroxylation is 2. The summed E-state index contributed by atoms with van der Waals surface area (Å²) in [5.41, 5.74) is 8.59. The Bertz CT molecular complexity index is 311. The normalized spacial score (nSPS) is 12.5. The van der Waals surface area contributed by atoms with E-state index in [2.05, 4.69) is 0 Å². The minimum Gasteiger partial charge on any atom is -0.369 e. The summed E-state index contributed by atoms with van der Waals surface area (Å²) in [6, 6.07) is 5.99. The molecule has 0 aliphatic rings. The molecule has 13 heavy (non-hydrogen) atoms. The van der Waals surface area contributed by atoms with Crippen molar-refractivity contribution in [1.82, 2.24) is 0 Å². The average Bonchev–Trinajstić information content (AvgIpc) is 2.03. The van der Waals surface area contributed by atoms with Crippen LogP contribution in [0, 0.1) is 13.8 Å². The van der Waals surface area contributed by atoms with Crippen LogP contribution in [0.1, 0.15) is 29.5 Å². The SMILES string of the molecule is Cc1cccc(C)c1C(C)C(N)=O. The van der Waals surface area contributed by atoms with E-state index in [0.717, 1.165) is 16.7 Å². The van der Waals surface area contributed by atoms with Crippen LogP contribution in [0.2, 0.25) is 0 Å². The van der Waals surface area contributed by atoms with Crippen molar-refractivity contribution in [3.8, 4) is 0 Å². The fourth-order valence-corrected chi connectivity index (χ4v) is 1.65. The number of hydrogen-bond donors (Lipinski definition) is 1. The Morgan fingerprint density at radius 1 is 1.31 bits per heavy atom. The molecule has 1 aromatic rings. The standard InChI is InChI=1S/C11H15NO/c1-7-5-4-6-8(2)10(7)9(3)11(12)13/h4-6,9H,1-3H3,(H2,12,13). The topological polar surface area (TPSA) is 43.1 Å². The summed E-state index contributed by atoms with van der Waals surface area (Å²) >= 11 is 0. The lowest BCUT2D eigenvalue weighted by molar-refractivity contribution is -0.119. The molecular weight excluding hydrogens is 162 g/mol. The summed E-state index contributed by atoms with van der Waals surface area (Å²) in [4.78, 5) is 11.0. The number of carbonyl (C=O) groups excluding carboxylic acids is 1. The maximum atomic E-state index is 11.0. The molecule has 1 aromatic carbocycles. The molecule has 2 N–H and O–H groups in total. The second kappa shape index (κ2) is 3.60. The molecule has 0 fully saturated rings. The van der Waals surface area contributed by atoms with Crippen molar-refractivity contribution in [2.75, 3.05) is 0 Å². The van der Waals surface area contributed by atoms with Crippen molar-refractivity contribution in [1.29, 1.82) is 0 Å². The molecule has 0 saturated carbocycles. The third kappa shape index (κ3) is 1.89. The highest BCUT2D eigenvalue weighted by molar-refractivity contribution is 5.82. The van der Waals surface area contributed by atoms with Gasteiger partial charge in [0.15, 0.2) is 0 Å². The van der Waals surface area contributed by atoms with Crippen LogP contribution in [0.15, 0.2) is 18.2 Å². The highest BCUT2D eigenvalue weighted by Crippen LogP contribution is 2.22. The van der Waals surface area contributed by atoms with Crippen LogP contribution in [0.4, 0.5) is 0 Å². The van der Waals surface area contributed by atoms with Crippen LogP contribution in [0.5, 0.6) is 0 Å². The van der Waals surface area contributed by atoms with Crippen LogP contribution in [-0.2, 0) is 4.79 Å². The van der Waals surface area contributed by atoms with Crippen LogP contribution in [-0.4, -0.2) is 5.91 Å². The van der Waals surface area contributed by atoms with Gasteiger partial charge in [0.05, 0.1) is 5.92 Å². The van der Waals surface area contributed by atoms with Crippen molar-refractivity contribution >= 4 is 5.91 Å². The summed E-state index contributed by atoms with van der Waals surface area (Å²) in [6.45, 7) is 5.85. The van der Waals surface area contributed by atoms with E-state index in [0.29, 0.717) is 0 Å². The van der Waals surface area contributed by atoms with Crippen molar-refractivity contribution in [2.45, 2.75) is 26.7 Å². The van der Waals surface area contributed by atoms with Gasteiger partial charge in [0.25, 0.3) is 0 Å². The van der Waals surface area contributed by atoms with Gasteiger partial charge in [-0.25, -0.2) is 0 Å². The fraction of sp³-hybridized carbons (Fsp3) is 0.364. The molecule has 0 saturated heterocycles. The number of hydrogen-bond acceptors (Lipinski definition) is 1. The maximum absolute atomic E-state index is 11.0. The Balaban J connectivity index is 3.20. The molecule has 0 aliphatic heterocycles. The van der Waals surface area contributed by atoms with E-state index in [1.54, 1.807) is 0 Å². The first-order valence-electron chi connectivity index (χ1n) is 4.39. The average molecular weight is 177 g/mol. The summed E-state index contributed by atoms with van der Waals surface area (Å²) < 4.78 is 0. The number of benzene rings is 1. The van der Waals surface area contributed by atoms with Gasteiger partial charge in [0.2, 0.25) is 5.91 Å². The molecule has 0 radical (unpaired) electrons. The zero-order valence-corrected chi connectivity index (χ0v) is 8.29. The van der Waals surface area contributed by atoms with Gasteiger partial charge in [-0.2, -0.15) is 0 Å². The number of rotatable bonds is 2. The van der Waals surface area contributed by atoms with E-state index in [1.165, 1.54) is 0 Å². The number of nitrogens with two attached hydrogens (primary N) is 1. The van der Waals surface area contributed by atoms with Crippen LogP contribution in [0.25, 0.3) is 0 Å². The van der Waals surface area contributed by atoms with E-state index in [9.17, 15) is 4.79 Å². The molecular formula is C11H15NO. The molecule has 0 bridgehead atoms. The largest absolute Gasteiger partial charge is 0.369 e. The molecule has 2 nitrogen and oxygen atoms in total. The van der Waals surface area contributed by atoms with Gasteiger partial charge in [-0.05, 0) is 37.5 Å². The van der Waals surface area contributed by atoms with Crippen molar-refractivity contribution in [3.63, 3.8) is 0 Å². The molecule has 1 atom stereocenters. The van der Waals surface area contributed by atoms with Crippen LogP contribution < -0.4 is 5.73 Å². The molecule has 1 amide bonds. The maximum Gasteiger partial charge on any atom is 0.224 e. The monoisotopic (exact) mass is 177 g/mol. The molecule has 1 rings (SSSR count). The quantitative estimate of drug-likeness (QED) is 0.736. The van der Waals surface area contributed by atoms with E-state index >= 15 is 0 Å². The van der Waals surface area contributed by atoms with E-state index < -0.39 is 0 Å². The van der Waals surface area contributed by atoms with Gasteiger partial charge in [-0.1, -0.05) is 18.2 Å². The lowest BCUT2D eigenvalue weighted by Gasteiger charge is -2.13. The van der Waals surface area contributed by atoms with Gasteiger partial charge >= 0.3 is 0 Å². The first kappa shape index (κ1) is 9.78. The molecule has 2 heteroatoms. The Morgan fingerprint density at radius 3 is 2.15 bits per heavy atom. The third-order valence-corrected chi connectivity index (χ3v) is 2.40. The second-order valence-corrected chi connectivity index (χ2v) is 3.43. The van der Waals surface area contributed by atoms with Gasteiger partial charge in [-0.15, -0.1) is 0 Å². The Labute approximate surface area is 78.8 Å². The van der Waals surface area contributed by atoms with Crippen molar-refractivity contribution in [2.24, 2.45) is 5.73 Å². The second-order valence-electron chi connectivity index (χ2n) is 3.43. The first-order chi connectivity index (χ1) is 6.04. The summed E-state index contributed by atoms with van der Waals surface area (Å²) in [5.74, 6) is -0.460. The smallest absolute Gasteiger partial charge is 0.224 e. The van der Waals surface area contributed by atoms with E-state index in [-0.39, 0.29) is 11.8 Å². The molecule has 0 aliphatic carbocycles. The number of primary amides is 1. The number of carbonyl (C=O) groups is 1. The van der Waals surface area contributed by atoms with E-state index in [4.69, 9.17) is 5.73 Å². The summed E-state index contributed by atoms with van der Waals surface area (Å²) in [5, 5.41) is 0. The highest BCUT2D eigenvalue weighted by Gasteiger charge is 2.15. The highest BCUT2D eigenvalue weighted by atomic mass is 16.1. The third-order valence-electron chi connectivity index (χ3n) is 2.40. The zero-order valence-electron chi connectivity index (χ0n) is 8.29. The molecule has 0 heterocycles. The Kier molecular flexibility index (Phi) is 2.71. The first-order valence-corrected chi connectivity index (χ1v) is 4.39. The summed E-state index contributed by atoms with van der Waals surface area (Å²) in [6.07, 6.45) is 0. The van der Waals surface area contributed by atoms with Crippen LogP contribution >= 0.6 is 0 Å². The van der Waals surface area contributed by atoms with Gasteiger partial charge < -0.3 is 5.73 Å². The predicted octanol–water partition coefficient (Wildman–Crippen LogP) is 1.89. The number of amides is 1. The Hall–Kier alpha value is -1.31. The minimum absolute atomic E-state index is 0.193. The molecule has 0 spiro atoms. The molecule has 1 unspecified atom stereocenters. The Morgan fingerprint density at radius 2 is 1.77 bits per heavy atom. The fourth-order valence-electron chi connectivity index (χ4n) is 1.65. The molecule has 70 valence electrons. The lowest BCUT2D eigenvalue weighted by atomic mass is 9.92. The molecule has 0 aromatic heterocycles. The van der Waals surface area contributed by atoms with Crippen molar-refractivity contribution in [3.05, 3.63) is 34.9 Å². The van der Waals surface area contributed by atoms with Crippen LogP contribution in [0.3, 0.4) is 0 Å². The van der Waals surface area contributed by atoms with Crippen molar-refractivity contribution < 1.29 is 4.79 Å². The van der Waals surface area contributed by atoms with E-state index in [1.807, 2.05) is 39.0 Å². The lowest BCUT2D eigenvalue weighted by Crippen LogP contribution is -2.20. The summed E-state index contributed by atoms with van der Waals surface area (Å²) in [7, 11) is 0.